The van der Waals surface area contributed by atoms with Crippen molar-refractivity contribution in [3.05, 3.63) is 48.0 Å². The molecule has 1 saturated carbocycles. The predicted molar refractivity (Wildman–Crippen MR) is 105 cm³/mol. The fourth-order valence-corrected chi connectivity index (χ4v) is 4.98. The highest BCUT2D eigenvalue weighted by Crippen LogP contribution is 2.34. The molecule has 0 spiro atoms. The van der Waals surface area contributed by atoms with E-state index >= 15 is 0 Å². The molecule has 140 valence electrons. The summed E-state index contributed by atoms with van der Waals surface area (Å²) in [4.78, 5) is 30.4. The molecule has 4 nitrogen and oxygen atoms in total. The lowest BCUT2D eigenvalue weighted by Crippen LogP contribution is -2.50. The van der Waals surface area contributed by atoms with Crippen LogP contribution in [0.25, 0.3) is 10.8 Å². The Hall–Kier alpha value is -2.36. The average Bonchev–Trinajstić information content (AvgIpc) is 2.95. The molecule has 1 aliphatic carbocycles. The molecule has 2 aromatic rings. The van der Waals surface area contributed by atoms with Crippen molar-refractivity contribution in [3.8, 4) is 0 Å². The molecular weight excluding hydrogens is 336 g/mol. The number of amides is 2. The second kappa shape index (κ2) is 6.66. The number of rotatable bonds is 3. The predicted octanol–water partition coefficient (Wildman–Crippen LogP) is 3.70. The number of piperidine rings is 1. The first kappa shape index (κ1) is 16.8. The maximum Gasteiger partial charge on any atom is 0.254 e. The number of benzene rings is 2. The molecule has 4 fully saturated rings. The minimum atomic E-state index is -0.0252. The first-order chi connectivity index (χ1) is 13.2. The van der Waals surface area contributed by atoms with Crippen molar-refractivity contribution in [2.24, 2.45) is 11.8 Å². The van der Waals surface area contributed by atoms with Gasteiger partial charge in [-0.2, -0.15) is 0 Å². The number of carbonyl (C=O) groups excluding carboxylic acids is 2. The van der Waals surface area contributed by atoms with Gasteiger partial charge in [0, 0.05) is 31.2 Å². The van der Waals surface area contributed by atoms with Crippen molar-refractivity contribution in [3.63, 3.8) is 0 Å². The Morgan fingerprint density at radius 1 is 0.963 bits per heavy atom. The first-order valence-electron chi connectivity index (χ1n) is 10.3. The van der Waals surface area contributed by atoms with Crippen LogP contribution in [0.5, 0.6) is 0 Å². The van der Waals surface area contributed by atoms with Gasteiger partial charge in [0.05, 0.1) is 5.92 Å². The minimum Gasteiger partial charge on any atom is -0.337 e. The largest absolute Gasteiger partial charge is 0.337 e. The van der Waals surface area contributed by atoms with Gasteiger partial charge in [0.1, 0.15) is 0 Å². The van der Waals surface area contributed by atoms with Crippen LogP contribution >= 0.6 is 0 Å². The van der Waals surface area contributed by atoms with E-state index in [9.17, 15) is 9.59 Å². The van der Waals surface area contributed by atoms with Crippen LogP contribution in [0.1, 0.15) is 42.5 Å². The highest BCUT2D eigenvalue weighted by molar-refractivity contribution is 6.07. The van der Waals surface area contributed by atoms with Crippen molar-refractivity contribution in [2.45, 2.75) is 38.1 Å². The van der Waals surface area contributed by atoms with Crippen molar-refractivity contribution in [1.82, 2.24) is 9.80 Å². The van der Waals surface area contributed by atoms with E-state index in [1.54, 1.807) is 0 Å². The second-order valence-electron chi connectivity index (χ2n) is 8.45. The molecule has 3 aliphatic heterocycles. The van der Waals surface area contributed by atoms with E-state index in [1.807, 2.05) is 47.4 Å². The molecule has 2 bridgehead atoms. The fraction of sp³-hybridized carbons (Fsp3) is 0.478. The molecular formula is C23H26N2O2. The summed E-state index contributed by atoms with van der Waals surface area (Å²) in [7, 11) is 0. The van der Waals surface area contributed by atoms with Gasteiger partial charge in [0.2, 0.25) is 5.91 Å². The molecule has 3 saturated heterocycles. The zero-order chi connectivity index (χ0) is 18.4. The summed E-state index contributed by atoms with van der Waals surface area (Å²) in [6.45, 7) is 2.14. The summed E-state index contributed by atoms with van der Waals surface area (Å²) in [5.41, 5.74) is 0.757. The van der Waals surface area contributed by atoms with Crippen LogP contribution in [0, 0.1) is 11.8 Å². The monoisotopic (exact) mass is 362 g/mol. The third kappa shape index (κ3) is 2.91. The normalized spacial score (nSPS) is 25.6. The van der Waals surface area contributed by atoms with Gasteiger partial charge in [0.25, 0.3) is 5.91 Å². The van der Waals surface area contributed by atoms with Gasteiger partial charge in [-0.3, -0.25) is 9.59 Å². The summed E-state index contributed by atoms with van der Waals surface area (Å²) in [5, 5.41) is 2.09. The van der Waals surface area contributed by atoms with E-state index in [2.05, 4.69) is 4.90 Å². The van der Waals surface area contributed by atoms with E-state index in [0.29, 0.717) is 19.0 Å². The third-order valence-electron chi connectivity index (χ3n) is 6.78. The van der Waals surface area contributed by atoms with Crippen molar-refractivity contribution in [2.75, 3.05) is 19.6 Å². The van der Waals surface area contributed by atoms with Crippen LogP contribution in [0.2, 0.25) is 0 Å². The zero-order valence-electron chi connectivity index (χ0n) is 15.6. The van der Waals surface area contributed by atoms with Gasteiger partial charge < -0.3 is 9.80 Å². The summed E-state index contributed by atoms with van der Waals surface area (Å²) >= 11 is 0. The Bertz CT molecular complexity index is 884. The Morgan fingerprint density at radius 2 is 1.78 bits per heavy atom. The maximum absolute atomic E-state index is 13.4. The number of hydrogen-bond acceptors (Lipinski definition) is 2. The van der Waals surface area contributed by atoms with E-state index in [4.69, 9.17) is 0 Å². The fourth-order valence-electron chi connectivity index (χ4n) is 4.98. The molecule has 4 aliphatic rings. The van der Waals surface area contributed by atoms with Gasteiger partial charge in [-0.1, -0.05) is 42.8 Å². The van der Waals surface area contributed by atoms with Crippen molar-refractivity contribution < 1.29 is 9.59 Å². The number of carbonyl (C=O) groups is 2. The lowest BCUT2D eigenvalue weighted by molar-refractivity contribution is -0.141. The van der Waals surface area contributed by atoms with Gasteiger partial charge in [-0.15, -0.1) is 0 Å². The quantitative estimate of drug-likeness (QED) is 0.835. The van der Waals surface area contributed by atoms with Gasteiger partial charge in [-0.05, 0) is 48.4 Å². The molecule has 0 N–H and O–H groups in total. The van der Waals surface area contributed by atoms with E-state index < -0.39 is 0 Å². The molecule has 27 heavy (non-hydrogen) atoms. The summed E-state index contributed by atoms with van der Waals surface area (Å²) in [5.74, 6) is 1.01. The molecule has 0 unspecified atom stereocenters. The number of hydrogen-bond donors (Lipinski definition) is 0. The second-order valence-corrected chi connectivity index (χ2v) is 8.45. The Labute approximate surface area is 160 Å². The molecule has 0 aromatic heterocycles. The van der Waals surface area contributed by atoms with Crippen molar-refractivity contribution in [1.29, 1.82) is 0 Å². The lowest BCUT2D eigenvalue weighted by Gasteiger charge is -2.40. The Morgan fingerprint density at radius 3 is 2.59 bits per heavy atom. The third-order valence-corrected chi connectivity index (χ3v) is 6.78. The topological polar surface area (TPSA) is 40.6 Å². The van der Waals surface area contributed by atoms with Crippen LogP contribution in [0.3, 0.4) is 0 Å². The van der Waals surface area contributed by atoms with Crippen LogP contribution in [0.4, 0.5) is 0 Å². The van der Waals surface area contributed by atoms with E-state index in [-0.39, 0.29) is 23.8 Å². The summed E-state index contributed by atoms with van der Waals surface area (Å²) in [6, 6.07) is 14.2. The lowest BCUT2D eigenvalue weighted by atomic mass is 9.83. The molecule has 2 amide bonds. The zero-order valence-corrected chi connectivity index (χ0v) is 15.6. The van der Waals surface area contributed by atoms with Crippen LogP contribution in [0.15, 0.2) is 42.5 Å². The molecule has 6 rings (SSSR count). The maximum atomic E-state index is 13.4. The molecule has 2 aromatic carbocycles. The standard InChI is InChI=1S/C23H26N2O2/c26-22-18-11-12-19(25(22)13-16-5-3-6-16)15-24(14-18)23(27)21-10-4-8-17-7-1-2-9-20(17)21/h1-2,4,7-10,16,18-19H,3,5-6,11-15H2/t18-,19+/m0/s1. The van der Waals surface area contributed by atoms with Crippen LogP contribution in [-0.4, -0.2) is 47.3 Å². The minimum absolute atomic E-state index is 0.0252. The van der Waals surface area contributed by atoms with Gasteiger partial charge in [-0.25, -0.2) is 0 Å². The molecule has 4 heteroatoms. The number of fused-ring (bicyclic) bond motifs is 5. The Kier molecular flexibility index (Phi) is 4.14. The molecule has 0 radical (unpaired) electrons. The Balaban J connectivity index is 1.42. The number of nitrogens with zero attached hydrogens (tertiary/aromatic N) is 2. The van der Waals surface area contributed by atoms with Crippen LogP contribution in [-0.2, 0) is 4.79 Å². The van der Waals surface area contributed by atoms with E-state index in [0.717, 1.165) is 35.7 Å². The SMILES string of the molecule is O=C(c1cccc2ccccc12)N1C[C@@H]2CC[C@H](C1)N(CC1CCC1)C2=O. The summed E-state index contributed by atoms with van der Waals surface area (Å²) in [6.07, 6.45) is 5.75. The smallest absolute Gasteiger partial charge is 0.254 e. The first-order valence-corrected chi connectivity index (χ1v) is 10.3. The molecule has 2 atom stereocenters. The highest BCUT2D eigenvalue weighted by Gasteiger charge is 2.43. The highest BCUT2D eigenvalue weighted by atomic mass is 16.2. The van der Waals surface area contributed by atoms with Crippen molar-refractivity contribution >= 4 is 22.6 Å². The van der Waals surface area contributed by atoms with E-state index in [1.165, 1.54) is 19.3 Å². The summed E-state index contributed by atoms with van der Waals surface area (Å²) < 4.78 is 0. The average molecular weight is 362 g/mol. The van der Waals surface area contributed by atoms with Gasteiger partial charge >= 0.3 is 0 Å². The molecule has 3 heterocycles. The van der Waals surface area contributed by atoms with Crippen LogP contribution < -0.4 is 0 Å². The van der Waals surface area contributed by atoms with Gasteiger partial charge in [0.15, 0.2) is 0 Å².